The summed E-state index contributed by atoms with van der Waals surface area (Å²) < 4.78 is 2.15. The van der Waals surface area contributed by atoms with Gasteiger partial charge in [-0.05, 0) is 41.7 Å². The number of hydrogen-bond acceptors (Lipinski definition) is 5. The number of nitrogens with zero attached hydrogens (tertiary/aromatic N) is 5. The van der Waals surface area contributed by atoms with Gasteiger partial charge in [-0.25, -0.2) is 0 Å². The first-order valence-electron chi connectivity index (χ1n) is 12.3. The van der Waals surface area contributed by atoms with Gasteiger partial charge in [-0.3, -0.25) is 0 Å². The molecular weight excluding hydrogens is 542 g/mol. The molecule has 0 saturated carbocycles. The molecule has 37 heavy (non-hydrogen) atoms. The zero-order valence-corrected chi connectivity index (χ0v) is 22.8. The van der Waals surface area contributed by atoms with Crippen molar-refractivity contribution < 1.29 is 0 Å². The van der Waals surface area contributed by atoms with Gasteiger partial charge in [-0.15, -0.1) is 27.2 Å². The molecule has 0 unspecified atom stereocenters. The molecule has 0 fully saturated rings. The fourth-order valence-electron chi connectivity index (χ4n) is 4.86. The van der Waals surface area contributed by atoms with Gasteiger partial charge in [0, 0.05) is 24.1 Å². The average Bonchev–Trinajstić information content (AvgIpc) is 3.48. The number of allylic oxidation sites excluding steroid dienone is 1. The molecular formula is C30H26BrN5S. The van der Waals surface area contributed by atoms with Crippen molar-refractivity contribution in [3.63, 3.8) is 0 Å². The van der Waals surface area contributed by atoms with Gasteiger partial charge in [0.05, 0.1) is 5.70 Å². The molecule has 3 aromatic carbocycles. The Labute approximate surface area is 231 Å². The lowest BCUT2D eigenvalue weighted by Crippen LogP contribution is -2.18. The van der Waals surface area contributed by atoms with Gasteiger partial charge in [0.15, 0.2) is 5.82 Å². The van der Waals surface area contributed by atoms with Crippen LogP contribution in [0, 0.1) is 11.3 Å². The summed E-state index contributed by atoms with van der Waals surface area (Å²) in [4.78, 5) is 2.18. The second kappa shape index (κ2) is 11.2. The molecule has 0 saturated heterocycles. The third kappa shape index (κ3) is 4.87. The quantitative estimate of drug-likeness (QED) is 0.236. The van der Waals surface area contributed by atoms with Crippen LogP contribution in [0.2, 0.25) is 0 Å². The minimum absolute atomic E-state index is 0. The number of aryl methyl sites for hydroxylation is 1. The highest BCUT2D eigenvalue weighted by Crippen LogP contribution is 2.46. The Bertz CT molecular complexity index is 1480. The minimum atomic E-state index is 0. The van der Waals surface area contributed by atoms with Crippen LogP contribution in [0.1, 0.15) is 36.5 Å². The Kier molecular flexibility index (Phi) is 7.59. The van der Waals surface area contributed by atoms with E-state index in [9.17, 15) is 5.26 Å². The van der Waals surface area contributed by atoms with Crippen molar-refractivity contribution in [1.29, 1.82) is 5.26 Å². The minimum Gasteiger partial charge on any atom is -0.310 e. The van der Waals surface area contributed by atoms with E-state index >= 15 is 0 Å². The molecule has 1 aromatic heterocycles. The van der Waals surface area contributed by atoms with E-state index in [0.29, 0.717) is 11.4 Å². The number of thioether (sulfide) groups is 1. The van der Waals surface area contributed by atoms with Crippen molar-refractivity contribution in [2.75, 3.05) is 4.90 Å². The molecule has 2 aliphatic heterocycles. The molecule has 0 aliphatic carbocycles. The molecule has 0 radical (unpaired) electrons. The van der Waals surface area contributed by atoms with Crippen LogP contribution < -0.4 is 4.90 Å². The molecule has 0 N–H and O–H groups in total. The summed E-state index contributed by atoms with van der Waals surface area (Å²) in [6.45, 7) is 0.855. The predicted molar refractivity (Wildman–Crippen MR) is 157 cm³/mol. The topological polar surface area (TPSA) is 57.7 Å². The Hall–Kier alpha value is -3.60. The fraction of sp³-hybridized carbons (Fsp3) is 0.167. The monoisotopic (exact) mass is 567 g/mol. The zero-order valence-electron chi connectivity index (χ0n) is 20.2. The SMILES string of the molecule is Br.N#C/C(=C1/SC=C(c2ccc(-c3ccccc3)cc2)N1c1ccccc1)c1nnc2n1CCCCC2. The van der Waals surface area contributed by atoms with Crippen LogP contribution in [-0.4, -0.2) is 14.8 Å². The summed E-state index contributed by atoms with van der Waals surface area (Å²) in [5.41, 5.74) is 6.09. The highest BCUT2D eigenvalue weighted by atomic mass is 79.9. The van der Waals surface area contributed by atoms with Crippen LogP contribution >= 0.6 is 28.7 Å². The smallest absolute Gasteiger partial charge is 0.177 e. The molecule has 3 heterocycles. The first-order chi connectivity index (χ1) is 17.8. The maximum absolute atomic E-state index is 10.4. The van der Waals surface area contributed by atoms with Crippen molar-refractivity contribution in [3.05, 3.63) is 113 Å². The van der Waals surface area contributed by atoms with Gasteiger partial charge in [0.2, 0.25) is 0 Å². The van der Waals surface area contributed by atoms with E-state index < -0.39 is 0 Å². The number of fused-ring (bicyclic) bond motifs is 1. The molecule has 5 nitrogen and oxygen atoms in total. The fourth-order valence-corrected chi connectivity index (χ4v) is 5.88. The van der Waals surface area contributed by atoms with Crippen LogP contribution in [0.15, 0.2) is 95.4 Å². The Balaban J connectivity index is 0.00000280. The van der Waals surface area contributed by atoms with E-state index in [0.717, 1.165) is 53.6 Å². The Morgan fingerprint density at radius 1 is 0.784 bits per heavy atom. The highest BCUT2D eigenvalue weighted by molar-refractivity contribution is 8.93. The molecule has 6 rings (SSSR count). The zero-order chi connectivity index (χ0) is 24.3. The maximum Gasteiger partial charge on any atom is 0.177 e. The summed E-state index contributed by atoms with van der Waals surface area (Å²) in [7, 11) is 0. The standard InChI is InChI=1S/C30H25N5S.BrH/c31-20-26(29-33-32-28-14-8-3-9-19-34(28)29)30-35(25-12-6-2-7-13-25)27(21-36-30)24-17-15-23(16-18-24)22-10-4-1-5-11-22;/h1-2,4-7,10-13,15-18,21H,3,8-9,14,19H2;1H/b30-26-;. The normalized spacial score (nSPS) is 16.2. The van der Waals surface area contributed by atoms with E-state index in [-0.39, 0.29) is 17.0 Å². The number of halogens is 1. The van der Waals surface area contributed by atoms with Gasteiger partial charge in [-0.1, -0.05) is 91.0 Å². The van der Waals surface area contributed by atoms with Crippen molar-refractivity contribution in [3.8, 4) is 17.2 Å². The summed E-state index contributed by atoms with van der Waals surface area (Å²) >= 11 is 1.58. The number of aromatic nitrogens is 3. The molecule has 184 valence electrons. The van der Waals surface area contributed by atoms with E-state index in [2.05, 4.69) is 91.8 Å². The van der Waals surface area contributed by atoms with Crippen LogP contribution in [0.25, 0.3) is 22.4 Å². The second-order valence-corrected chi connectivity index (χ2v) is 9.79. The number of anilines is 1. The summed E-state index contributed by atoms with van der Waals surface area (Å²) in [5, 5.41) is 22.3. The van der Waals surface area contributed by atoms with Gasteiger partial charge in [0.25, 0.3) is 0 Å². The highest BCUT2D eigenvalue weighted by Gasteiger charge is 2.30. The largest absolute Gasteiger partial charge is 0.310 e. The van der Waals surface area contributed by atoms with Crippen LogP contribution in [-0.2, 0) is 13.0 Å². The van der Waals surface area contributed by atoms with Crippen LogP contribution in [0.4, 0.5) is 5.69 Å². The van der Waals surface area contributed by atoms with E-state index in [1.54, 1.807) is 11.8 Å². The number of hydrogen-bond donors (Lipinski definition) is 0. The third-order valence-electron chi connectivity index (χ3n) is 6.69. The van der Waals surface area contributed by atoms with Gasteiger partial charge in [-0.2, -0.15) is 5.26 Å². The number of rotatable bonds is 4. The van der Waals surface area contributed by atoms with Crippen molar-refractivity contribution in [2.45, 2.75) is 32.2 Å². The van der Waals surface area contributed by atoms with E-state index in [1.165, 1.54) is 17.5 Å². The maximum atomic E-state index is 10.4. The average molecular weight is 569 g/mol. The first-order valence-corrected chi connectivity index (χ1v) is 13.2. The molecule has 0 atom stereocenters. The van der Waals surface area contributed by atoms with Crippen molar-refractivity contribution in [1.82, 2.24) is 14.8 Å². The molecule has 0 amide bonds. The van der Waals surface area contributed by atoms with Crippen molar-refractivity contribution in [2.24, 2.45) is 0 Å². The third-order valence-corrected chi connectivity index (χ3v) is 7.64. The molecule has 7 heteroatoms. The molecule has 4 aromatic rings. The second-order valence-electron chi connectivity index (χ2n) is 8.93. The number of para-hydroxylation sites is 1. The summed E-state index contributed by atoms with van der Waals surface area (Å²) in [5.74, 6) is 1.65. The lowest BCUT2D eigenvalue weighted by Gasteiger charge is -2.25. The van der Waals surface area contributed by atoms with E-state index in [4.69, 9.17) is 0 Å². The molecule has 2 aliphatic rings. The molecule has 0 spiro atoms. The summed E-state index contributed by atoms with van der Waals surface area (Å²) in [6.07, 6.45) is 4.29. The van der Waals surface area contributed by atoms with E-state index in [1.807, 2.05) is 24.3 Å². The number of nitriles is 1. The molecule has 0 bridgehead atoms. The van der Waals surface area contributed by atoms with Crippen LogP contribution in [0.3, 0.4) is 0 Å². The van der Waals surface area contributed by atoms with Crippen LogP contribution in [0.5, 0.6) is 0 Å². The van der Waals surface area contributed by atoms with Gasteiger partial charge < -0.3 is 9.47 Å². The van der Waals surface area contributed by atoms with Gasteiger partial charge >= 0.3 is 0 Å². The summed E-state index contributed by atoms with van der Waals surface area (Å²) in [6, 6.07) is 31.7. The van der Waals surface area contributed by atoms with Gasteiger partial charge in [0.1, 0.15) is 22.5 Å². The Morgan fingerprint density at radius 2 is 1.46 bits per heavy atom. The lowest BCUT2D eigenvalue weighted by molar-refractivity contribution is 0.627. The number of benzene rings is 3. The lowest BCUT2D eigenvalue weighted by atomic mass is 10.0. The first kappa shape index (κ1) is 25.1. The predicted octanol–water partition coefficient (Wildman–Crippen LogP) is 7.69. The van der Waals surface area contributed by atoms with Crippen molar-refractivity contribution >= 4 is 45.7 Å². The Morgan fingerprint density at radius 3 is 2.19 bits per heavy atom.